The standard InChI is InChI=1S/C23H19N/c1-18-10-5-8-16-22(18)24(20-13-3-2-4-14-20)23-17-9-12-19-11-6-7-15-21(19)23/h2-17H,1H3. The van der Waals surface area contributed by atoms with Crippen LogP contribution in [0.2, 0.25) is 0 Å². The first-order chi connectivity index (χ1) is 11.8. The Morgan fingerprint density at radius 3 is 2.00 bits per heavy atom. The molecule has 4 rings (SSSR count). The van der Waals surface area contributed by atoms with Crippen LogP contribution in [0.1, 0.15) is 5.56 Å². The van der Waals surface area contributed by atoms with Crippen molar-refractivity contribution in [1.82, 2.24) is 0 Å². The molecule has 24 heavy (non-hydrogen) atoms. The van der Waals surface area contributed by atoms with Crippen LogP contribution < -0.4 is 4.90 Å². The molecule has 0 aliphatic heterocycles. The Kier molecular flexibility index (Phi) is 3.76. The van der Waals surface area contributed by atoms with Gasteiger partial charge in [-0.2, -0.15) is 0 Å². The number of benzene rings is 4. The minimum Gasteiger partial charge on any atom is -0.310 e. The zero-order valence-electron chi connectivity index (χ0n) is 13.7. The molecule has 0 unspecified atom stereocenters. The number of anilines is 3. The third-order valence-corrected chi connectivity index (χ3v) is 4.38. The molecule has 0 bridgehead atoms. The highest BCUT2D eigenvalue weighted by Crippen LogP contribution is 2.39. The molecular weight excluding hydrogens is 290 g/mol. The second-order valence-electron chi connectivity index (χ2n) is 5.96. The first kappa shape index (κ1) is 14.5. The number of hydrogen-bond acceptors (Lipinski definition) is 1. The summed E-state index contributed by atoms with van der Waals surface area (Å²) in [7, 11) is 0. The van der Waals surface area contributed by atoms with Crippen LogP contribution in [0.5, 0.6) is 0 Å². The molecule has 0 spiro atoms. The highest BCUT2D eigenvalue weighted by atomic mass is 15.1. The van der Waals surface area contributed by atoms with E-state index in [1.54, 1.807) is 0 Å². The summed E-state index contributed by atoms with van der Waals surface area (Å²) in [6.07, 6.45) is 0. The van der Waals surface area contributed by atoms with Crippen LogP contribution in [0.15, 0.2) is 97.1 Å². The van der Waals surface area contributed by atoms with Crippen LogP contribution in [0.3, 0.4) is 0 Å². The Hall–Kier alpha value is -3.06. The molecular formula is C23H19N. The molecule has 4 aromatic rings. The van der Waals surface area contributed by atoms with Crippen LogP contribution in [0.4, 0.5) is 17.1 Å². The van der Waals surface area contributed by atoms with Gasteiger partial charge in [-0.15, -0.1) is 0 Å². The highest BCUT2D eigenvalue weighted by molar-refractivity contribution is 5.99. The smallest absolute Gasteiger partial charge is 0.0540 e. The Balaban J connectivity index is 2.01. The van der Waals surface area contributed by atoms with Crippen LogP contribution in [-0.2, 0) is 0 Å². The summed E-state index contributed by atoms with van der Waals surface area (Å²) in [4.78, 5) is 2.34. The molecule has 4 aromatic carbocycles. The molecule has 0 aliphatic rings. The summed E-state index contributed by atoms with van der Waals surface area (Å²) in [6.45, 7) is 2.16. The Bertz CT molecular complexity index is 968. The van der Waals surface area contributed by atoms with Crippen LogP contribution in [0, 0.1) is 6.92 Å². The fourth-order valence-electron chi connectivity index (χ4n) is 3.20. The van der Waals surface area contributed by atoms with Crippen molar-refractivity contribution in [2.45, 2.75) is 6.92 Å². The molecule has 116 valence electrons. The van der Waals surface area contributed by atoms with Gasteiger partial charge in [-0.25, -0.2) is 0 Å². The number of hydrogen-bond donors (Lipinski definition) is 0. The summed E-state index contributed by atoms with van der Waals surface area (Å²) in [5.41, 5.74) is 4.84. The van der Waals surface area contributed by atoms with Crippen molar-refractivity contribution in [3.63, 3.8) is 0 Å². The van der Waals surface area contributed by atoms with Crippen LogP contribution >= 0.6 is 0 Å². The second kappa shape index (κ2) is 6.21. The van der Waals surface area contributed by atoms with Gasteiger partial charge in [0.1, 0.15) is 0 Å². The highest BCUT2D eigenvalue weighted by Gasteiger charge is 2.15. The molecule has 0 saturated carbocycles. The van der Waals surface area contributed by atoms with Crippen molar-refractivity contribution in [2.24, 2.45) is 0 Å². The molecule has 0 saturated heterocycles. The first-order valence-electron chi connectivity index (χ1n) is 8.23. The third-order valence-electron chi connectivity index (χ3n) is 4.38. The quantitative estimate of drug-likeness (QED) is 0.411. The van der Waals surface area contributed by atoms with E-state index in [-0.39, 0.29) is 0 Å². The molecule has 0 fully saturated rings. The molecule has 1 heteroatoms. The summed E-state index contributed by atoms with van der Waals surface area (Å²) < 4.78 is 0. The van der Waals surface area contributed by atoms with E-state index < -0.39 is 0 Å². The predicted octanol–water partition coefficient (Wildman–Crippen LogP) is 6.62. The zero-order valence-corrected chi connectivity index (χ0v) is 13.7. The number of rotatable bonds is 3. The lowest BCUT2D eigenvalue weighted by atomic mass is 10.1. The lowest BCUT2D eigenvalue weighted by Crippen LogP contribution is -2.11. The van der Waals surface area contributed by atoms with Crippen molar-refractivity contribution in [3.8, 4) is 0 Å². The minimum absolute atomic E-state index is 1.17. The maximum absolute atomic E-state index is 2.34. The molecule has 0 amide bonds. The van der Waals surface area contributed by atoms with Crippen molar-refractivity contribution < 1.29 is 0 Å². The maximum Gasteiger partial charge on any atom is 0.0540 e. The van der Waals surface area contributed by atoms with Gasteiger partial charge < -0.3 is 4.90 Å². The summed E-state index contributed by atoms with van der Waals surface area (Å²) in [5, 5.41) is 2.51. The fourth-order valence-corrected chi connectivity index (χ4v) is 3.20. The Labute approximate surface area is 142 Å². The number of para-hydroxylation sites is 2. The van der Waals surface area contributed by atoms with Gasteiger partial charge in [-0.1, -0.05) is 72.8 Å². The molecule has 0 N–H and O–H groups in total. The molecule has 0 heterocycles. The summed E-state index contributed by atoms with van der Waals surface area (Å²) >= 11 is 0. The van der Waals surface area contributed by atoms with Gasteiger partial charge in [0.2, 0.25) is 0 Å². The van der Waals surface area contributed by atoms with Crippen LogP contribution in [0.25, 0.3) is 10.8 Å². The summed E-state index contributed by atoms with van der Waals surface area (Å²) in [6, 6.07) is 34.1. The third kappa shape index (κ3) is 2.55. The molecule has 0 aliphatic carbocycles. The van der Waals surface area contributed by atoms with Gasteiger partial charge in [-0.3, -0.25) is 0 Å². The van der Waals surface area contributed by atoms with Crippen LogP contribution in [-0.4, -0.2) is 0 Å². The van der Waals surface area contributed by atoms with E-state index in [0.29, 0.717) is 0 Å². The summed E-state index contributed by atoms with van der Waals surface area (Å²) in [5.74, 6) is 0. The van der Waals surface area contributed by atoms with Gasteiger partial charge in [-0.05, 0) is 42.1 Å². The molecule has 1 nitrogen and oxygen atoms in total. The van der Waals surface area contributed by atoms with E-state index >= 15 is 0 Å². The maximum atomic E-state index is 2.34. The topological polar surface area (TPSA) is 3.24 Å². The van der Waals surface area contributed by atoms with Crippen molar-refractivity contribution >= 4 is 27.8 Å². The lowest BCUT2D eigenvalue weighted by Gasteiger charge is -2.28. The number of aryl methyl sites for hydroxylation is 1. The van der Waals surface area contributed by atoms with E-state index in [9.17, 15) is 0 Å². The van der Waals surface area contributed by atoms with Crippen molar-refractivity contribution in [2.75, 3.05) is 4.90 Å². The van der Waals surface area contributed by atoms with E-state index in [4.69, 9.17) is 0 Å². The Morgan fingerprint density at radius 1 is 0.542 bits per heavy atom. The minimum atomic E-state index is 1.17. The average molecular weight is 309 g/mol. The normalized spacial score (nSPS) is 10.7. The molecule has 0 aromatic heterocycles. The largest absolute Gasteiger partial charge is 0.310 e. The van der Waals surface area contributed by atoms with Gasteiger partial charge in [0.05, 0.1) is 5.69 Å². The van der Waals surface area contributed by atoms with Crippen molar-refractivity contribution in [3.05, 3.63) is 103 Å². The molecule has 0 radical (unpaired) electrons. The van der Waals surface area contributed by atoms with Gasteiger partial charge in [0.25, 0.3) is 0 Å². The van der Waals surface area contributed by atoms with Crippen molar-refractivity contribution in [1.29, 1.82) is 0 Å². The van der Waals surface area contributed by atoms with Gasteiger partial charge in [0, 0.05) is 16.8 Å². The van der Waals surface area contributed by atoms with E-state index in [0.717, 1.165) is 0 Å². The predicted molar refractivity (Wildman–Crippen MR) is 103 cm³/mol. The monoisotopic (exact) mass is 309 g/mol. The Morgan fingerprint density at radius 2 is 1.17 bits per heavy atom. The fraction of sp³-hybridized carbons (Fsp3) is 0.0435. The number of fused-ring (bicyclic) bond motifs is 1. The SMILES string of the molecule is Cc1ccccc1N(c1ccccc1)c1cccc2ccccc12. The van der Waals surface area contributed by atoms with E-state index in [1.165, 1.54) is 33.4 Å². The van der Waals surface area contributed by atoms with Gasteiger partial charge in [0.15, 0.2) is 0 Å². The van der Waals surface area contributed by atoms with E-state index in [1.807, 2.05) is 0 Å². The lowest BCUT2D eigenvalue weighted by molar-refractivity contribution is 1.26. The molecule has 0 atom stereocenters. The number of nitrogens with zero attached hydrogens (tertiary/aromatic N) is 1. The van der Waals surface area contributed by atoms with Gasteiger partial charge >= 0.3 is 0 Å². The zero-order chi connectivity index (χ0) is 16.4. The second-order valence-corrected chi connectivity index (χ2v) is 5.96. The first-order valence-corrected chi connectivity index (χ1v) is 8.23. The van der Waals surface area contributed by atoms with E-state index in [2.05, 4.69) is 109 Å². The average Bonchev–Trinajstić information content (AvgIpc) is 2.65.